The van der Waals surface area contributed by atoms with E-state index in [2.05, 4.69) is 0 Å². The molecular formula is C46H56Cl2N6O14. The summed E-state index contributed by atoms with van der Waals surface area (Å²) in [6.45, 7) is 0. The summed E-state index contributed by atoms with van der Waals surface area (Å²) in [5, 5.41) is 87.8. The van der Waals surface area contributed by atoms with Gasteiger partial charge in [-0.3, -0.25) is 38.6 Å². The fourth-order valence-electron chi connectivity index (χ4n) is 11.3. The fraction of sp³-hybridized carbons (Fsp3) is 0.435. The van der Waals surface area contributed by atoms with Gasteiger partial charge in [0.2, 0.25) is 11.6 Å². The summed E-state index contributed by atoms with van der Waals surface area (Å²) in [6, 6.07) is 4.13. The van der Waals surface area contributed by atoms with E-state index < -0.39 is 116 Å². The van der Waals surface area contributed by atoms with E-state index in [-0.39, 0.29) is 84.3 Å². The number of fused-ring (bicyclic) bond motifs is 6. The Morgan fingerprint density at radius 2 is 0.868 bits per heavy atom. The number of aliphatic hydroxyl groups excluding tert-OH is 4. The monoisotopic (exact) mass is 986 g/mol. The number of carbonyl (C=O) groups is 6. The third kappa shape index (κ3) is 7.35. The Balaban J connectivity index is 0.000000247. The maximum absolute atomic E-state index is 13.5. The van der Waals surface area contributed by atoms with Crippen molar-refractivity contribution in [3.05, 3.63) is 91.8 Å². The number of nitrogens with two attached hydrogens (primary N) is 2. The van der Waals surface area contributed by atoms with Crippen LogP contribution in [0.2, 0.25) is 0 Å². The molecule has 0 saturated heterocycles. The van der Waals surface area contributed by atoms with Gasteiger partial charge in [0.05, 0.1) is 23.2 Å². The van der Waals surface area contributed by atoms with Crippen molar-refractivity contribution in [3.63, 3.8) is 0 Å². The highest BCUT2D eigenvalue weighted by Crippen LogP contribution is 2.55. The standard InChI is InChI=1S/2C23H27N3O7.2ClH/c2*1-25(2)12-5-6-13(27)15-10(12)7-9-8-11-17(26(3)4)19(29)16(22(24)32)21(31)23(11,33)20(30)14(9)18(15)28;;/h2*5-6,9,11,17,27,29-30,33H,7-8H2,1-4H3,(H2,24,32);2*1H/t2*9-,11-,17-,23-;;/m00../s1. The number of carbonyl (C=O) groups excluding carboxylic acids is 6. The van der Waals surface area contributed by atoms with E-state index in [0.717, 1.165) is 11.4 Å². The Bertz CT molecular complexity index is 2530. The minimum atomic E-state index is -2.63. The number of benzene rings is 2. The topological polar surface area (TPSA) is 329 Å². The van der Waals surface area contributed by atoms with Crippen LogP contribution in [0.1, 0.15) is 44.7 Å². The number of aliphatic hydroxyl groups is 6. The number of anilines is 2. The minimum Gasteiger partial charge on any atom is -0.510 e. The first-order chi connectivity index (χ1) is 30.7. The molecule has 8 rings (SSSR count). The summed E-state index contributed by atoms with van der Waals surface area (Å²) in [7, 11) is 13.6. The first kappa shape index (κ1) is 52.8. The quantitative estimate of drug-likeness (QED) is 0.182. The Morgan fingerprint density at radius 1 is 0.559 bits per heavy atom. The normalized spacial score (nSPS) is 28.2. The summed E-state index contributed by atoms with van der Waals surface area (Å²) in [6.07, 6.45) is 0.648. The zero-order valence-corrected chi connectivity index (χ0v) is 40.0. The molecule has 6 aliphatic carbocycles. The van der Waals surface area contributed by atoms with Crippen molar-refractivity contribution in [1.29, 1.82) is 0 Å². The van der Waals surface area contributed by atoms with Crippen molar-refractivity contribution >= 4 is 71.1 Å². The number of aromatic hydroxyl groups is 2. The number of ketones is 4. The number of phenolic OH excluding ortho intramolecular Hbond substituents is 2. The van der Waals surface area contributed by atoms with Gasteiger partial charge in [-0.1, -0.05) is 0 Å². The highest BCUT2D eigenvalue weighted by Gasteiger charge is 2.65. The third-order valence-corrected chi connectivity index (χ3v) is 14.1. The molecule has 0 saturated carbocycles. The van der Waals surface area contributed by atoms with Crippen LogP contribution < -0.4 is 21.3 Å². The first-order valence-electron chi connectivity index (χ1n) is 21.0. The number of primary amides is 2. The van der Waals surface area contributed by atoms with Crippen LogP contribution in [0.25, 0.3) is 0 Å². The summed E-state index contributed by atoms with van der Waals surface area (Å²) < 4.78 is 0. The molecule has 0 aliphatic heterocycles. The molecule has 0 fully saturated rings. The van der Waals surface area contributed by atoms with Crippen LogP contribution in [0.3, 0.4) is 0 Å². The highest BCUT2D eigenvalue weighted by molar-refractivity contribution is 6.26. The fourth-order valence-corrected chi connectivity index (χ4v) is 11.3. The molecule has 12 N–H and O–H groups in total. The van der Waals surface area contributed by atoms with Gasteiger partial charge in [-0.15, -0.1) is 24.8 Å². The number of Topliss-reactive ketones (excluding diaryl/α,β-unsaturated/α-hetero) is 4. The molecule has 6 aliphatic rings. The van der Waals surface area contributed by atoms with Crippen molar-refractivity contribution in [2.45, 2.75) is 49.0 Å². The lowest BCUT2D eigenvalue weighted by molar-refractivity contribution is -0.149. The number of halogens is 2. The van der Waals surface area contributed by atoms with Gasteiger partial charge >= 0.3 is 0 Å². The van der Waals surface area contributed by atoms with E-state index in [1.54, 1.807) is 78.3 Å². The van der Waals surface area contributed by atoms with Gasteiger partial charge in [-0.2, -0.15) is 0 Å². The lowest BCUT2D eigenvalue weighted by atomic mass is 9.58. The van der Waals surface area contributed by atoms with Crippen LogP contribution in [-0.2, 0) is 32.0 Å². The number of amides is 2. The highest BCUT2D eigenvalue weighted by atomic mass is 35.5. The molecule has 2 amide bonds. The Morgan fingerprint density at radius 3 is 1.13 bits per heavy atom. The van der Waals surface area contributed by atoms with Gasteiger partial charge in [0.25, 0.3) is 11.8 Å². The van der Waals surface area contributed by atoms with Crippen molar-refractivity contribution in [1.82, 2.24) is 9.80 Å². The van der Waals surface area contributed by atoms with Crippen LogP contribution in [-0.4, -0.2) is 165 Å². The molecule has 0 unspecified atom stereocenters. The molecule has 2 aromatic carbocycles. The van der Waals surface area contributed by atoms with Crippen LogP contribution in [0, 0.1) is 23.7 Å². The first-order valence-corrected chi connectivity index (χ1v) is 21.0. The van der Waals surface area contributed by atoms with Crippen molar-refractivity contribution in [2.75, 3.05) is 66.2 Å². The Kier molecular flexibility index (Phi) is 14.0. The average Bonchev–Trinajstić information content (AvgIpc) is 3.20. The van der Waals surface area contributed by atoms with Gasteiger partial charge in [0, 0.05) is 62.5 Å². The molecule has 20 nitrogen and oxygen atoms in total. The van der Waals surface area contributed by atoms with Gasteiger partial charge in [-0.25, -0.2) is 0 Å². The summed E-state index contributed by atoms with van der Waals surface area (Å²) in [4.78, 5) is 84.0. The Hall–Kier alpha value is -6.16. The average molecular weight is 988 g/mol. The smallest absolute Gasteiger partial charge is 0.255 e. The molecule has 0 heterocycles. The molecule has 0 spiro atoms. The molecule has 68 heavy (non-hydrogen) atoms. The molecule has 0 aromatic heterocycles. The number of nitrogens with zero attached hydrogens (tertiary/aromatic N) is 4. The number of allylic oxidation sites excluding steroid dienone is 2. The molecule has 22 heteroatoms. The maximum Gasteiger partial charge on any atom is 0.255 e. The second-order valence-electron chi connectivity index (χ2n) is 18.6. The predicted molar refractivity (Wildman–Crippen MR) is 250 cm³/mol. The molecule has 0 bridgehead atoms. The number of hydrogen-bond acceptors (Lipinski definition) is 18. The number of hydrogen-bond donors (Lipinski definition) is 10. The van der Waals surface area contributed by atoms with Crippen LogP contribution in [0.4, 0.5) is 11.4 Å². The van der Waals surface area contributed by atoms with E-state index in [0.29, 0.717) is 11.1 Å². The minimum absolute atomic E-state index is 0. The molecule has 2 aromatic rings. The molecule has 368 valence electrons. The molecule has 8 atom stereocenters. The van der Waals surface area contributed by atoms with E-state index in [4.69, 9.17) is 11.5 Å². The van der Waals surface area contributed by atoms with Gasteiger partial charge in [0.1, 0.15) is 45.7 Å². The lowest BCUT2D eigenvalue weighted by Crippen LogP contribution is -2.63. The molecular weight excluding hydrogens is 931 g/mol. The predicted octanol–water partition coefficient (Wildman–Crippen LogP) is 1.22. The van der Waals surface area contributed by atoms with Gasteiger partial charge < -0.3 is 62.1 Å². The number of phenols is 2. The van der Waals surface area contributed by atoms with Crippen LogP contribution in [0.15, 0.2) is 69.6 Å². The second-order valence-corrected chi connectivity index (χ2v) is 18.6. The summed E-state index contributed by atoms with van der Waals surface area (Å²) in [5.41, 5.74) is 6.05. The van der Waals surface area contributed by atoms with Crippen LogP contribution in [0.5, 0.6) is 11.5 Å². The van der Waals surface area contributed by atoms with Gasteiger partial charge in [0.15, 0.2) is 22.8 Å². The SMILES string of the molecule is CN(C)c1ccc(O)c2c1C[C@H]1C[C@H]3[C@H](N(C)C)C(O)=C(C(N)=O)C(=O)[C@@]3(O)C(O)=C1C2=O.CN(C)c1ccc(O)c2c1C[C@H]1C[C@H]3[C@H](N(C)C)C(O)=C(C(N)=O)C(=O)[C@@]3(O)C(O)=C1C2=O.Cl.Cl. The van der Waals surface area contributed by atoms with Crippen LogP contribution >= 0.6 is 24.8 Å². The zero-order chi connectivity index (χ0) is 49.1. The van der Waals surface area contributed by atoms with E-state index in [1.807, 2.05) is 0 Å². The summed E-state index contributed by atoms with van der Waals surface area (Å²) in [5.74, 6) is -13.1. The third-order valence-electron chi connectivity index (χ3n) is 14.1. The Labute approximate surface area is 402 Å². The number of rotatable bonds is 6. The molecule has 0 radical (unpaired) electrons. The largest absolute Gasteiger partial charge is 0.510 e. The zero-order valence-electron chi connectivity index (χ0n) is 38.4. The lowest BCUT2D eigenvalue weighted by Gasteiger charge is -2.50. The van der Waals surface area contributed by atoms with Crippen molar-refractivity contribution < 1.29 is 69.6 Å². The van der Waals surface area contributed by atoms with Gasteiger partial charge in [-0.05, 0) is 101 Å². The van der Waals surface area contributed by atoms with Crippen molar-refractivity contribution in [2.24, 2.45) is 35.1 Å². The summed E-state index contributed by atoms with van der Waals surface area (Å²) >= 11 is 0. The number of likely N-dealkylation sites (N-methyl/N-ethyl adjacent to an activating group) is 2. The van der Waals surface area contributed by atoms with E-state index >= 15 is 0 Å². The van der Waals surface area contributed by atoms with E-state index in [1.165, 1.54) is 21.9 Å². The second kappa shape index (κ2) is 18.1. The van der Waals surface area contributed by atoms with E-state index in [9.17, 15) is 69.6 Å². The maximum atomic E-state index is 13.5. The van der Waals surface area contributed by atoms with Crippen molar-refractivity contribution in [3.8, 4) is 11.5 Å².